The second kappa shape index (κ2) is 6.15. The summed E-state index contributed by atoms with van der Waals surface area (Å²) in [6.45, 7) is 4.96. The third-order valence-electron chi connectivity index (χ3n) is 2.65. The lowest BCUT2D eigenvalue weighted by atomic mass is 10.2. The van der Waals surface area contributed by atoms with Crippen molar-refractivity contribution in [2.75, 3.05) is 37.8 Å². The molecule has 1 aromatic heterocycles. The minimum atomic E-state index is -0.383. The van der Waals surface area contributed by atoms with Gasteiger partial charge in [0.1, 0.15) is 0 Å². The molecular formula is C12H15BrN2O3. The Balaban J connectivity index is 2.30. The maximum atomic E-state index is 11.9. The average Bonchev–Trinajstić information content (AvgIpc) is 2.40. The highest BCUT2D eigenvalue weighted by molar-refractivity contribution is 9.10. The minimum Gasteiger partial charge on any atom is -0.461 e. The largest absolute Gasteiger partial charge is 0.461 e. The lowest BCUT2D eigenvalue weighted by molar-refractivity contribution is 0.0519. The molecule has 1 fully saturated rings. The Kier molecular flexibility index (Phi) is 4.54. The Morgan fingerprint density at radius 1 is 1.56 bits per heavy atom. The highest BCUT2D eigenvalue weighted by Crippen LogP contribution is 2.24. The van der Waals surface area contributed by atoms with Crippen LogP contribution in [0.2, 0.25) is 0 Å². The summed E-state index contributed by atoms with van der Waals surface area (Å²) in [6.07, 6.45) is 1.61. The molecule has 1 aliphatic heterocycles. The van der Waals surface area contributed by atoms with Gasteiger partial charge in [-0.05, 0) is 28.9 Å². The van der Waals surface area contributed by atoms with Gasteiger partial charge in [0.2, 0.25) is 0 Å². The van der Waals surface area contributed by atoms with Gasteiger partial charge in [-0.15, -0.1) is 0 Å². The summed E-state index contributed by atoms with van der Waals surface area (Å²) in [4.78, 5) is 18.1. The number of carbonyl (C=O) groups is 1. The molecule has 2 rings (SSSR count). The Morgan fingerprint density at radius 2 is 2.28 bits per heavy atom. The normalized spacial score (nSPS) is 15.6. The quantitative estimate of drug-likeness (QED) is 0.797. The van der Waals surface area contributed by atoms with Crippen LogP contribution >= 0.6 is 15.9 Å². The van der Waals surface area contributed by atoms with E-state index in [2.05, 4.69) is 25.8 Å². The van der Waals surface area contributed by atoms with E-state index < -0.39 is 0 Å². The first-order valence-electron chi connectivity index (χ1n) is 5.87. The maximum Gasteiger partial charge on any atom is 0.359 e. The van der Waals surface area contributed by atoms with Gasteiger partial charge in [0, 0.05) is 23.8 Å². The molecule has 0 N–H and O–H groups in total. The molecule has 98 valence electrons. The van der Waals surface area contributed by atoms with E-state index in [1.54, 1.807) is 13.1 Å². The van der Waals surface area contributed by atoms with Gasteiger partial charge >= 0.3 is 5.97 Å². The van der Waals surface area contributed by atoms with E-state index in [1.807, 2.05) is 6.07 Å². The van der Waals surface area contributed by atoms with Crippen molar-refractivity contribution in [1.29, 1.82) is 0 Å². The first-order valence-corrected chi connectivity index (χ1v) is 6.67. The molecular weight excluding hydrogens is 300 g/mol. The number of pyridine rings is 1. The molecule has 0 atom stereocenters. The Hall–Kier alpha value is -1.14. The molecule has 0 bridgehead atoms. The molecule has 0 aliphatic carbocycles. The van der Waals surface area contributed by atoms with E-state index in [0.29, 0.717) is 25.5 Å². The zero-order valence-corrected chi connectivity index (χ0v) is 11.8. The second-order valence-electron chi connectivity index (χ2n) is 3.84. The summed E-state index contributed by atoms with van der Waals surface area (Å²) in [5, 5.41) is 0. The first-order chi connectivity index (χ1) is 8.72. The first kappa shape index (κ1) is 13.3. The van der Waals surface area contributed by atoms with Crippen molar-refractivity contribution in [2.24, 2.45) is 0 Å². The fourth-order valence-corrected chi connectivity index (χ4v) is 2.15. The fourth-order valence-electron chi connectivity index (χ4n) is 1.83. The number of ether oxygens (including phenoxy) is 2. The molecule has 5 nitrogen and oxygen atoms in total. The van der Waals surface area contributed by atoms with Crippen LogP contribution in [0, 0.1) is 0 Å². The summed E-state index contributed by atoms with van der Waals surface area (Å²) in [6, 6.07) is 1.89. The molecule has 6 heteroatoms. The van der Waals surface area contributed by atoms with Crippen molar-refractivity contribution in [3.05, 3.63) is 22.4 Å². The number of rotatable bonds is 3. The third-order valence-corrected chi connectivity index (χ3v) is 3.09. The smallest absolute Gasteiger partial charge is 0.359 e. The molecule has 2 heterocycles. The summed E-state index contributed by atoms with van der Waals surface area (Å²) >= 11 is 3.38. The monoisotopic (exact) mass is 314 g/mol. The molecule has 18 heavy (non-hydrogen) atoms. The van der Waals surface area contributed by atoms with Gasteiger partial charge in [-0.1, -0.05) is 0 Å². The molecule has 0 spiro atoms. The Bertz CT molecular complexity index is 433. The van der Waals surface area contributed by atoms with Crippen molar-refractivity contribution < 1.29 is 14.3 Å². The van der Waals surface area contributed by atoms with Crippen LogP contribution in [0.5, 0.6) is 0 Å². The number of aromatic nitrogens is 1. The van der Waals surface area contributed by atoms with Gasteiger partial charge in [-0.25, -0.2) is 9.78 Å². The van der Waals surface area contributed by atoms with Crippen LogP contribution < -0.4 is 4.90 Å². The number of hydrogen-bond donors (Lipinski definition) is 0. The van der Waals surface area contributed by atoms with Crippen LogP contribution in [0.15, 0.2) is 16.7 Å². The van der Waals surface area contributed by atoms with Gasteiger partial charge in [0.15, 0.2) is 5.69 Å². The van der Waals surface area contributed by atoms with Crippen molar-refractivity contribution >= 4 is 27.6 Å². The topological polar surface area (TPSA) is 51.7 Å². The van der Waals surface area contributed by atoms with Gasteiger partial charge in [0.05, 0.1) is 25.5 Å². The SMILES string of the molecule is CCOC(=O)c1ncc(Br)cc1N1CCOCC1. The van der Waals surface area contributed by atoms with Crippen molar-refractivity contribution in [1.82, 2.24) is 4.98 Å². The fraction of sp³-hybridized carbons (Fsp3) is 0.500. The van der Waals surface area contributed by atoms with E-state index >= 15 is 0 Å². The van der Waals surface area contributed by atoms with Crippen LogP contribution in [-0.4, -0.2) is 43.9 Å². The molecule has 0 radical (unpaired) electrons. The van der Waals surface area contributed by atoms with E-state index in [4.69, 9.17) is 9.47 Å². The number of hydrogen-bond acceptors (Lipinski definition) is 5. The second-order valence-corrected chi connectivity index (χ2v) is 4.76. The Labute approximate surface area is 114 Å². The van der Waals surface area contributed by atoms with Gasteiger partial charge in [0.25, 0.3) is 0 Å². The van der Waals surface area contributed by atoms with Crippen molar-refractivity contribution in [3.8, 4) is 0 Å². The molecule has 1 aliphatic rings. The highest BCUT2D eigenvalue weighted by Gasteiger charge is 2.21. The summed E-state index contributed by atoms with van der Waals surface area (Å²) < 4.78 is 11.2. The number of carbonyl (C=O) groups excluding carboxylic acids is 1. The lowest BCUT2D eigenvalue weighted by Gasteiger charge is -2.29. The lowest BCUT2D eigenvalue weighted by Crippen LogP contribution is -2.37. The van der Waals surface area contributed by atoms with Crippen LogP contribution in [0.1, 0.15) is 17.4 Å². The maximum absolute atomic E-state index is 11.9. The third kappa shape index (κ3) is 3.00. The standard InChI is InChI=1S/C12H15BrN2O3/c1-2-18-12(16)11-10(7-9(13)8-14-11)15-3-5-17-6-4-15/h7-8H,2-6H2,1H3. The predicted molar refractivity (Wildman–Crippen MR) is 70.9 cm³/mol. The highest BCUT2D eigenvalue weighted by atomic mass is 79.9. The molecule has 1 aromatic rings. The van der Waals surface area contributed by atoms with E-state index in [0.717, 1.165) is 23.2 Å². The number of morpholine rings is 1. The average molecular weight is 315 g/mol. The van der Waals surface area contributed by atoms with Crippen LogP contribution in [-0.2, 0) is 9.47 Å². The zero-order chi connectivity index (χ0) is 13.0. The van der Waals surface area contributed by atoms with E-state index in [-0.39, 0.29) is 5.97 Å². The number of esters is 1. The number of nitrogens with zero attached hydrogens (tertiary/aromatic N) is 2. The summed E-state index contributed by atoms with van der Waals surface area (Å²) in [7, 11) is 0. The van der Waals surface area contributed by atoms with E-state index in [9.17, 15) is 4.79 Å². The number of anilines is 1. The molecule has 0 unspecified atom stereocenters. The minimum absolute atomic E-state index is 0.346. The van der Waals surface area contributed by atoms with Crippen molar-refractivity contribution in [3.63, 3.8) is 0 Å². The number of halogens is 1. The van der Waals surface area contributed by atoms with Gasteiger partial charge in [-0.2, -0.15) is 0 Å². The van der Waals surface area contributed by atoms with Crippen LogP contribution in [0.4, 0.5) is 5.69 Å². The van der Waals surface area contributed by atoms with Crippen molar-refractivity contribution in [2.45, 2.75) is 6.92 Å². The van der Waals surface area contributed by atoms with E-state index in [1.165, 1.54) is 0 Å². The predicted octanol–water partition coefficient (Wildman–Crippen LogP) is 1.86. The van der Waals surface area contributed by atoms with Gasteiger partial charge < -0.3 is 14.4 Å². The summed E-state index contributed by atoms with van der Waals surface area (Å²) in [5.74, 6) is -0.383. The Morgan fingerprint density at radius 3 is 2.94 bits per heavy atom. The molecule has 0 amide bonds. The molecule has 1 saturated heterocycles. The van der Waals surface area contributed by atoms with Crippen LogP contribution in [0.25, 0.3) is 0 Å². The van der Waals surface area contributed by atoms with Crippen LogP contribution in [0.3, 0.4) is 0 Å². The molecule has 0 aromatic carbocycles. The molecule has 0 saturated carbocycles. The summed E-state index contributed by atoms with van der Waals surface area (Å²) in [5.41, 5.74) is 1.16. The zero-order valence-electron chi connectivity index (χ0n) is 10.2. The van der Waals surface area contributed by atoms with Gasteiger partial charge in [-0.3, -0.25) is 0 Å².